The van der Waals surface area contributed by atoms with Crippen molar-refractivity contribution in [2.45, 2.75) is 19.3 Å². The van der Waals surface area contributed by atoms with Crippen molar-refractivity contribution in [1.29, 1.82) is 0 Å². The van der Waals surface area contributed by atoms with E-state index in [-0.39, 0.29) is 6.03 Å². The number of anilines is 2. The van der Waals surface area contributed by atoms with E-state index in [9.17, 15) is 4.79 Å². The average Bonchev–Trinajstić information content (AvgIpc) is 3.15. The molecule has 1 aromatic carbocycles. The largest absolute Gasteiger partial charge is 0.371 e. The molecule has 3 heterocycles. The molecule has 0 saturated heterocycles. The topological polar surface area (TPSA) is 74.6 Å². The molecule has 0 spiro atoms. The van der Waals surface area contributed by atoms with E-state index in [1.807, 2.05) is 18.3 Å². The first kappa shape index (κ1) is 16.4. The quantitative estimate of drug-likeness (QED) is 0.694. The first-order valence-electron chi connectivity index (χ1n) is 8.97. The number of hydrogen-bond acceptors (Lipinski definition) is 4. The van der Waals surface area contributed by atoms with Gasteiger partial charge in [-0.2, -0.15) is 0 Å². The van der Waals surface area contributed by atoms with Gasteiger partial charge in [-0.15, -0.1) is 10.2 Å². The summed E-state index contributed by atoms with van der Waals surface area (Å²) >= 11 is 0. The maximum Gasteiger partial charge on any atom is 0.319 e. The minimum atomic E-state index is -0.222. The van der Waals surface area contributed by atoms with Crippen LogP contribution in [0.1, 0.15) is 18.4 Å². The summed E-state index contributed by atoms with van der Waals surface area (Å²) in [6.45, 7) is 2.65. The maximum absolute atomic E-state index is 12.1. The van der Waals surface area contributed by atoms with Crippen molar-refractivity contribution in [2.75, 3.05) is 29.9 Å². The van der Waals surface area contributed by atoms with Crippen molar-refractivity contribution in [3.05, 3.63) is 54.5 Å². The van der Waals surface area contributed by atoms with Crippen molar-refractivity contribution in [3.63, 3.8) is 0 Å². The van der Waals surface area contributed by atoms with Crippen LogP contribution >= 0.6 is 0 Å². The molecule has 3 aromatic rings. The highest BCUT2D eigenvalue weighted by atomic mass is 16.2. The Kier molecular flexibility index (Phi) is 4.68. The number of fused-ring (bicyclic) bond motifs is 2. The number of benzene rings is 1. The van der Waals surface area contributed by atoms with Gasteiger partial charge in [0.05, 0.1) is 5.69 Å². The second-order valence-electron chi connectivity index (χ2n) is 6.44. The van der Waals surface area contributed by atoms with Gasteiger partial charge in [-0.1, -0.05) is 18.2 Å². The van der Waals surface area contributed by atoms with Crippen LogP contribution in [0.5, 0.6) is 0 Å². The number of aryl methyl sites for hydroxylation is 1. The Morgan fingerprint density at radius 1 is 1.19 bits per heavy atom. The number of hydrogen-bond donors (Lipinski definition) is 2. The zero-order chi connectivity index (χ0) is 17.8. The number of aromatic nitrogens is 3. The predicted molar refractivity (Wildman–Crippen MR) is 102 cm³/mol. The van der Waals surface area contributed by atoms with E-state index < -0.39 is 0 Å². The fourth-order valence-electron chi connectivity index (χ4n) is 3.43. The molecule has 0 radical (unpaired) electrons. The lowest BCUT2D eigenvalue weighted by molar-refractivity contribution is 0.252. The van der Waals surface area contributed by atoms with Crippen LogP contribution in [0.4, 0.5) is 16.2 Å². The normalized spacial score (nSPS) is 13.5. The number of pyridine rings is 1. The van der Waals surface area contributed by atoms with E-state index in [0.29, 0.717) is 17.9 Å². The Balaban J connectivity index is 1.26. The summed E-state index contributed by atoms with van der Waals surface area (Å²) in [6, 6.07) is 12.0. The number of carbonyl (C=O) groups is 1. The molecule has 0 unspecified atom stereocenters. The first-order chi connectivity index (χ1) is 12.8. The Hall–Kier alpha value is -3.09. The van der Waals surface area contributed by atoms with Crippen LogP contribution in [0, 0.1) is 0 Å². The maximum atomic E-state index is 12.1. The summed E-state index contributed by atoms with van der Waals surface area (Å²) in [5.74, 6) is 0. The SMILES string of the molecule is O=C(NCCCN1CCCc2ccccc21)Nc1cccn2cnnc12. The summed E-state index contributed by atoms with van der Waals surface area (Å²) in [5, 5.41) is 13.6. The summed E-state index contributed by atoms with van der Waals surface area (Å²) < 4.78 is 1.77. The van der Waals surface area contributed by atoms with Gasteiger partial charge < -0.3 is 15.5 Å². The second kappa shape index (κ2) is 7.43. The lowest BCUT2D eigenvalue weighted by Gasteiger charge is -2.31. The lowest BCUT2D eigenvalue weighted by Crippen LogP contribution is -2.34. The monoisotopic (exact) mass is 350 g/mol. The van der Waals surface area contributed by atoms with Gasteiger partial charge in [-0.3, -0.25) is 4.40 Å². The van der Waals surface area contributed by atoms with Gasteiger partial charge in [0.1, 0.15) is 6.33 Å². The van der Waals surface area contributed by atoms with Crippen LogP contribution in [0.2, 0.25) is 0 Å². The van der Waals surface area contributed by atoms with Gasteiger partial charge in [0, 0.05) is 31.5 Å². The van der Waals surface area contributed by atoms with Crippen molar-refractivity contribution in [2.24, 2.45) is 0 Å². The van der Waals surface area contributed by atoms with Crippen molar-refractivity contribution in [1.82, 2.24) is 19.9 Å². The van der Waals surface area contributed by atoms with E-state index in [1.165, 1.54) is 17.7 Å². The fraction of sp³-hybridized carbons (Fsp3) is 0.316. The molecule has 0 aliphatic carbocycles. The van der Waals surface area contributed by atoms with Gasteiger partial charge in [-0.05, 0) is 43.0 Å². The summed E-state index contributed by atoms with van der Waals surface area (Å²) in [4.78, 5) is 14.5. The molecular weight excluding hydrogens is 328 g/mol. The second-order valence-corrected chi connectivity index (χ2v) is 6.44. The van der Waals surface area contributed by atoms with Gasteiger partial charge >= 0.3 is 6.03 Å². The molecule has 2 amide bonds. The third kappa shape index (κ3) is 3.46. The fourth-order valence-corrected chi connectivity index (χ4v) is 3.43. The first-order valence-corrected chi connectivity index (χ1v) is 8.97. The van der Waals surface area contributed by atoms with E-state index >= 15 is 0 Å². The molecule has 2 N–H and O–H groups in total. The zero-order valence-electron chi connectivity index (χ0n) is 14.6. The van der Waals surface area contributed by atoms with Gasteiger partial charge in [0.25, 0.3) is 0 Å². The summed E-state index contributed by atoms with van der Waals surface area (Å²) in [5.41, 5.74) is 4.03. The highest BCUT2D eigenvalue weighted by Crippen LogP contribution is 2.26. The summed E-state index contributed by atoms with van der Waals surface area (Å²) in [6.07, 6.45) is 6.69. The van der Waals surface area contributed by atoms with Crippen LogP contribution in [-0.2, 0) is 6.42 Å². The molecule has 2 aromatic heterocycles. The predicted octanol–water partition coefficient (Wildman–Crippen LogP) is 2.69. The molecule has 0 fully saturated rings. The molecule has 134 valence electrons. The molecule has 0 atom stereocenters. The van der Waals surface area contributed by atoms with E-state index in [1.54, 1.807) is 10.7 Å². The average molecular weight is 350 g/mol. The van der Waals surface area contributed by atoms with E-state index in [4.69, 9.17) is 0 Å². The van der Waals surface area contributed by atoms with Crippen LogP contribution in [-0.4, -0.2) is 40.3 Å². The number of amides is 2. The summed E-state index contributed by atoms with van der Waals surface area (Å²) in [7, 11) is 0. The van der Waals surface area contributed by atoms with E-state index in [2.05, 4.69) is 50.0 Å². The lowest BCUT2D eigenvalue weighted by atomic mass is 10.0. The molecule has 4 rings (SSSR count). The van der Waals surface area contributed by atoms with E-state index in [0.717, 1.165) is 25.9 Å². The number of urea groups is 1. The third-order valence-corrected chi connectivity index (χ3v) is 4.67. The zero-order valence-corrected chi connectivity index (χ0v) is 14.6. The Bertz CT molecular complexity index is 906. The van der Waals surface area contributed by atoms with Gasteiger partial charge in [0.15, 0.2) is 5.65 Å². The number of nitrogens with zero attached hydrogens (tertiary/aromatic N) is 4. The minimum absolute atomic E-state index is 0.222. The number of carbonyl (C=O) groups excluding carboxylic acids is 1. The minimum Gasteiger partial charge on any atom is -0.371 e. The van der Waals surface area contributed by atoms with Crippen molar-refractivity contribution >= 4 is 23.1 Å². The molecule has 7 heteroatoms. The molecule has 1 aliphatic heterocycles. The molecule has 0 saturated carbocycles. The Morgan fingerprint density at radius 2 is 2.12 bits per heavy atom. The Morgan fingerprint density at radius 3 is 3.08 bits per heavy atom. The number of para-hydroxylation sites is 1. The molecule has 7 nitrogen and oxygen atoms in total. The van der Waals surface area contributed by atoms with Crippen LogP contribution in [0.3, 0.4) is 0 Å². The van der Waals surface area contributed by atoms with Crippen molar-refractivity contribution in [3.8, 4) is 0 Å². The van der Waals surface area contributed by atoms with Crippen LogP contribution in [0.25, 0.3) is 5.65 Å². The Labute approximate surface area is 152 Å². The van der Waals surface area contributed by atoms with Crippen molar-refractivity contribution < 1.29 is 4.79 Å². The third-order valence-electron chi connectivity index (χ3n) is 4.67. The van der Waals surface area contributed by atoms with Gasteiger partial charge in [-0.25, -0.2) is 4.79 Å². The smallest absolute Gasteiger partial charge is 0.319 e. The van der Waals surface area contributed by atoms with Gasteiger partial charge in [0.2, 0.25) is 0 Å². The molecule has 1 aliphatic rings. The van der Waals surface area contributed by atoms with Crippen LogP contribution in [0.15, 0.2) is 48.9 Å². The number of rotatable bonds is 5. The van der Waals surface area contributed by atoms with Crippen LogP contribution < -0.4 is 15.5 Å². The molecular formula is C19H22N6O. The number of nitrogens with one attached hydrogen (secondary N) is 2. The highest BCUT2D eigenvalue weighted by Gasteiger charge is 2.15. The standard InChI is InChI=1S/C19H22N6O/c26-19(22-16-8-4-12-25-14-21-23-18(16)25)20-10-5-13-24-11-3-7-15-6-1-2-9-17(15)24/h1-2,4,6,8-9,12,14H,3,5,7,10-11,13H2,(H2,20,22,26). The molecule has 26 heavy (non-hydrogen) atoms. The molecule has 0 bridgehead atoms. The highest BCUT2D eigenvalue weighted by molar-refractivity contribution is 5.92.